The summed E-state index contributed by atoms with van der Waals surface area (Å²) in [6, 6.07) is 14.6. The number of benzene rings is 2. The van der Waals surface area contributed by atoms with Gasteiger partial charge in [0.15, 0.2) is 0 Å². The molecule has 1 heterocycles. The Balaban J connectivity index is 1.43. The van der Waals surface area contributed by atoms with E-state index in [9.17, 15) is 18.8 Å². The lowest BCUT2D eigenvalue weighted by Gasteiger charge is -2.34. The number of amides is 3. The minimum atomic E-state index is -0.736. The molecule has 0 unspecified atom stereocenters. The quantitative estimate of drug-likeness (QED) is 0.505. The number of halogens is 1. The van der Waals surface area contributed by atoms with E-state index in [0.717, 1.165) is 24.5 Å². The van der Waals surface area contributed by atoms with E-state index < -0.39 is 23.6 Å². The highest BCUT2D eigenvalue weighted by molar-refractivity contribution is 5.98. The molecule has 1 aliphatic heterocycles. The number of nitrogens with zero attached hydrogens (tertiary/aromatic N) is 2. The largest absolute Gasteiger partial charge is 0.444 e. The van der Waals surface area contributed by atoms with Crippen LogP contribution in [0.25, 0.3) is 0 Å². The zero-order valence-electron chi connectivity index (χ0n) is 23.3. The molecule has 3 amide bonds. The molecule has 4 rings (SSSR count). The van der Waals surface area contributed by atoms with Gasteiger partial charge in [0.1, 0.15) is 23.5 Å². The van der Waals surface area contributed by atoms with E-state index in [-0.39, 0.29) is 40.8 Å². The number of alkyl carbamates (subject to hydrolysis) is 1. The summed E-state index contributed by atoms with van der Waals surface area (Å²) in [6.45, 7) is 6.42. The third kappa shape index (κ3) is 7.17. The summed E-state index contributed by atoms with van der Waals surface area (Å²) in [7, 11) is 0. The fourth-order valence-electron chi connectivity index (χ4n) is 5.70. The van der Waals surface area contributed by atoms with Gasteiger partial charge in [-0.05, 0) is 82.6 Å². The maximum atomic E-state index is 14.2. The van der Waals surface area contributed by atoms with Crippen molar-refractivity contribution in [2.75, 3.05) is 18.4 Å². The highest BCUT2D eigenvalue weighted by Gasteiger charge is 2.44. The van der Waals surface area contributed by atoms with Crippen LogP contribution in [0.1, 0.15) is 69.9 Å². The van der Waals surface area contributed by atoms with Crippen LogP contribution in [-0.4, -0.2) is 47.5 Å². The van der Waals surface area contributed by atoms with Gasteiger partial charge in [0.25, 0.3) is 0 Å². The second kappa shape index (κ2) is 12.5. The molecule has 0 spiro atoms. The fourth-order valence-corrected chi connectivity index (χ4v) is 5.70. The van der Waals surface area contributed by atoms with E-state index in [4.69, 9.17) is 10.00 Å². The van der Waals surface area contributed by atoms with Crippen molar-refractivity contribution in [3.8, 4) is 6.07 Å². The number of hydrogen-bond donors (Lipinski definition) is 2. The molecule has 212 valence electrons. The lowest BCUT2D eigenvalue weighted by Crippen LogP contribution is -2.48. The predicted octanol–water partition coefficient (Wildman–Crippen LogP) is 5.35. The van der Waals surface area contributed by atoms with Gasteiger partial charge in [-0.2, -0.15) is 5.26 Å². The molecule has 1 aliphatic carbocycles. The molecule has 9 heteroatoms. The summed E-state index contributed by atoms with van der Waals surface area (Å²) in [6.07, 6.45) is 3.16. The van der Waals surface area contributed by atoms with Crippen molar-refractivity contribution < 1.29 is 23.5 Å². The topological polar surface area (TPSA) is 112 Å². The Bertz CT molecular complexity index is 1260. The van der Waals surface area contributed by atoms with Crippen molar-refractivity contribution in [3.63, 3.8) is 0 Å². The van der Waals surface area contributed by atoms with Gasteiger partial charge in [0.2, 0.25) is 11.8 Å². The molecule has 1 saturated carbocycles. The van der Waals surface area contributed by atoms with Gasteiger partial charge in [-0.3, -0.25) is 9.59 Å². The van der Waals surface area contributed by atoms with E-state index in [0.29, 0.717) is 32.4 Å². The van der Waals surface area contributed by atoms with Gasteiger partial charge in [-0.25, -0.2) is 9.18 Å². The number of nitriles is 1. The van der Waals surface area contributed by atoms with E-state index in [1.807, 2.05) is 51.1 Å². The molecule has 0 aromatic heterocycles. The van der Waals surface area contributed by atoms with Gasteiger partial charge in [-0.1, -0.05) is 30.3 Å². The molecule has 0 radical (unpaired) electrons. The van der Waals surface area contributed by atoms with Crippen LogP contribution in [0.4, 0.5) is 14.9 Å². The Kier molecular flexibility index (Phi) is 9.08. The Morgan fingerprint density at radius 3 is 2.38 bits per heavy atom. The van der Waals surface area contributed by atoms with Crippen LogP contribution in [0.5, 0.6) is 0 Å². The van der Waals surface area contributed by atoms with Crippen molar-refractivity contribution >= 4 is 23.6 Å². The molecule has 40 heavy (non-hydrogen) atoms. The molecular weight excluding hydrogens is 511 g/mol. The van der Waals surface area contributed by atoms with E-state index in [1.54, 1.807) is 11.0 Å². The Morgan fingerprint density at radius 1 is 1.05 bits per heavy atom. The number of anilines is 1. The highest BCUT2D eigenvalue weighted by Crippen LogP contribution is 2.38. The van der Waals surface area contributed by atoms with Gasteiger partial charge in [0, 0.05) is 30.6 Å². The lowest BCUT2D eigenvalue weighted by molar-refractivity contribution is -0.141. The summed E-state index contributed by atoms with van der Waals surface area (Å²) in [5, 5.41) is 14.6. The van der Waals surface area contributed by atoms with Crippen molar-refractivity contribution in [1.29, 1.82) is 5.26 Å². The second-order valence-corrected chi connectivity index (χ2v) is 11.7. The van der Waals surface area contributed by atoms with E-state index in [1.165, 1.54) is 12.1 Å². The summed E-state index contributed by atoms with van der Waals surface area (Å²) in [5.41, 5.74) is 0.555. The molecule has 2 aliphatic rings. The number of hydrogen-bond acceptors (Lipinski definition) is 5. The average Bonchev–Trinajstić information content (AvgIpc) is 3.37. The van der Waals surface area contributed by atoms with Crippen molar-refractivity contribution in [3.05, 3.63) is 65.5 Å². The Labute approximate surface area is 234 Å². The molecule has 2 atom stereocenters. The van der Waals surface area contributed by atoms with Crippen molar-refractivity contribution in [2.24, 2.45) is 11.8 Å². The van der Waals surface area contributed by atoms with Gasteiger partial charge in [0.05, 0.1) is 5.56 Å². The zero-order valence-corrected chi connectivity index (χ0v) is 23.3. The third-order valence-corrected chi connectivity index (χ3v) is 7.66. The summed E-state index contributed by atoms with van der Waals surface area (Å²) >= 11 is 0. The first-order valence-electron chi connectivity index (χ1n) is 13.9. The number of nitrogens with one attached hydrogen (secondary N) is 2. The number of carbonyl (C=O) groups excluding carboxylic acids is 3. The normalized spacial score (nSPS) is 22.7. The second-order valence-electron chi connectivity index (χ2n) is 11.7. The van der Waals surface area contributed by atoms with Crippen LogP contribution in [0.15, 0.2) is 48.5 Å². The maximum Gasteiger partial charge on any atom is 0.407 e. The average molecular weight is 549 g/mol. The highest BCUT2D eigenvalue weighted by atomic mass is 19.1. The van der Waals surface area contributed by atoms with E-state index in [2.05, 4.69) is 10.6 Å². The number of likely N-dealkylation sites (tertiary alicyclic amines) is 1. The first kappa shape index (κ1) is 29.1. The standard InChI is InChI=1S/C31H37FN4O4/c1-31(2,3)40-30(39)34-19-20-9-11-22(12-10-20)29(38)36-16-15-25(21-7-5-4-6-8-21)27(36)28(37)35-24-14-13-23(18-33)26(32)17-24/h4-8,13-14,17,20,22,25,27H,9-12,15-16,19H2,1-3H3,(H,34,39)(H,35,37)/t20-,22-,25-,27-/m0/s1. The molecular formula is C31H37FN4O4. The molecule has 2 aromatic carbocycles. The lowest BCUT2D eigenvalue weighted by atomic mass is 9.81. The SMILES string of the molecule is CC(C)(C)OC(=O)NC[C@H]1CC[C@H](C(=O)N2CC[C@@H](c3ccccc3)[C@H]2C(=O)Nc2ccc(C#N)c(F)c2)CC1. The summed E-state index contributed by atoms with van der Waals surface area (Å²) in [4.78, 5) is 41.1. The first-order chi connectivity index (χ1) is 19.1. The Hall–Kier alpha value is -3.93. The molecule has 2 fully saturated rings. The van der Waals surface area contributed by atoms with Gasteiger partial charge >= 0.3 is 6.09 Å². The molecule has 2 aromatic rings. The maximum absolute atomic E-state index is 14.2. The fraction of sp³-hybridized carbons (Fsp3) is 0.484. The van der Waals surface area contributed by atoms with Crippen LogP contribution in [0.3, 0.4) is 0 Å². The zero-order chi connectivity index (χ0) is 28.9. The van der Waals surface area contributed by atoms with Crippen LogP contribution in [-0.2, 0) is 14.3 Å². The number of rotatable bonds is 6. The molecule has 2 N–H and O–H groups in total. The minimum Gasteiger partial charge on any atom is -0.444 e. The smallest absolute Gasteiger partial charge is 0.407 e. The van der Waals surface area contributed by atoms with Gasteiger partial charge < -0.3 is 20.3 Å². The number of carbonyl (C=O) groups is 3. The van der Waals surface area contributed by atoms with Crippen LogP contribution < -0.4 is 10.6 Å². The monoisotopic (exact) mass is 548 g/mol. The predicted molar refractivity (Wildman–Crippen MR) is 149 cm³/mol. The molecule has 8 nitrogen and oxygen atoms in total. The van der Waals surface area contributed by atoms with Gasteiger partial charge in [-0.15, -0.1) is 0 Å². The van der Waals surface area contributed by atoms with E-state index >= 15 is 0 Å². The first-order valence-corrected chi connectivity index (χ1v) is 13.9. The third-order valence-electron chi connectivity index (χ3n) is 7.66. The summed E-state index contributed by atoms with van der Waals surface area (Å²) in [5.74, 6) is -1.25. The molecule has 0 bridgehead atoms. The Morgan fingerprint density at radius 2 is 1.75 bits per heavy atom. The number of ether oxygens (including phenoxy) is 1. The van der Waals surface area contributed by atoms with Crippen LogP contribution in [0, 0.1) is 29.0 Å². The minimum absolute atomic E-state index is 0.0388. The molecule has 1 saturated heterocycles. The van der Waals surface area contributed by atoms with Crippen LogP contribution in [0.2, 0.25) is 0 Å². The van der Waals surface area contributed by atoms with Crippen molar-refractivity contribution in [2.45, 2.75) is 70.4 Å². The van der Waals surface area contributed by atoms with Crippen molar-refractivity contribution in [1.82, 2.24) is 10.2 Å². The van der Waals surface area contributed by atoms with Crippen LogP contribution >= 0.6 is 0 Å². The summed E-state index contributed by atoms with van der Waals surface area (Å²) < 4.78 is 19.5.